The molecule has 2 rings (SSSR count). The lowest BCUT2D eigenvalue weighted by molar-refractivity contribution is 0.590. The van der Waals surface area contributed by atoms with E-state index in [1.807, 2.05) is 37.4 Å². The molecule has 0 aliphatic carbocycles. The highest BCUT2D eigenvalue weighted by Gasteiger charge is 2.16. The first-order chi connectivity index (χ1) is 8.65. The van der Waals surface area contributed by atoms with Gasteiger partial charge in [0.25, 0.3) is 5.56 Å². The number of hydrogen-bond acceptors (Lipinski definition) is 3. The lowest BCUT2D eigenvalue weighted by Crippen LogP contribution is -2.30. The Labute approximate surface area is 106 Å². The van der Waals surface area contributed by atoms with Gasteiger partial charge < -0.3 is 5.32 Å². The number of aryl methyl sites for hydroxylation is 1. The second kappa shape index (κ2) is 5.14. The highest BCUT2D eigenvalue weighted by molar-refractivity contribution is 5.25. The van der Waals surface area contributed by atoms with Gasteiger partial charge in [-0.15, -0.1) is 0 Å². The summed E-state index contributed by atoms with van der Waals surface area (Å²) in [6.07, 6.45) is 1.63. The second-order valence-corrected chi connectivity index (χ2v) is 4.30. The summed E-state index contributed by atoms with van der Waals surface area (Å²) < 4.78 is 1.60. The van der Waals surface area contributed by atoms with Gasteiger partial charge in [-0.3, -0.25) is 9.36 Å². The third-order valence-electron chi connectivity index (χ3n) is 3.06. The lowest BCUT2D eigenvalue weighted by Gasteiger charge is -2.18. The molecule has 1 N–H and O–H groups in total. The zero-order chi connectivity index (χ0) is 13.1. The summed E-state index contributed by atoms with van der Waals surface area (Å²) in [6, 6.07) is 9.89. The number of nitrogens with zero attached hydrogens (tertiary/aromatic N) is 2. The molecule has 1 aromatic heterocycles. The van der Waals surface area contributed by atoms with Crippen LogP contribution in [0.15, 0.2) is 41.3 Å². The smallest absolute Gasteiger partial charge is 0.256 e. The Kier molecular flexibility index (Phi) is 3.58. The summed E-state index contributed by atoms with van der Waals surface area (Å²) >= 11 is 0. The summed E-state index contributed by atoms with van der Waals surface area (Å²) in [5, 5.41) is 3.20. The van der Waals surface area contributed by atoms with Crippen molar-refractivity contribution < 1.29 is 0 Å². The van der Waals surface area contributed by atoms with Gasteiger partial charge in [-0.1, -0.05) is 30.3 Å². The van der Waals surface area contributed by atoms with Crippen molar-refractivity contribution in [3.05, 3.63) is 63.8 Å². The van der Waals surface area contributed by atoms with Crippen LogP contribution >= 0.6 is 0 Å². The van der Waals surface area contributed by atoms with Gasteiger partial charge in [-0.2, -0.15) is 0 Å². The molecule has 94 valence electrons. The fraction of sp³-hybridized carbons (Fsp3) is 0.286. The maximum Gasteiger partial charge on any atom is 0.256 e. The van der Waals surface area contributed by atoms with E-state index in [4.69, 9.17) is 0 Å². The number of rotatable bonds is 3. The van der Waals surface area contributed by atoms with E-state index in [-0.39, 0.29) is 11.6 Å². The predicted molar refractivity (Wildman–Crippen MR) is 71.6 cm³/mol. The zero-order valence-electron chi connectivity index (χ0n) is 10.8. The maximum absolute atomic E-state index is 11.9. The van der Waals surface area contributed by atoms with Crippen molar-refractivity contribution in [2.75, 3.05) is 7.05 Å². The molecule has 1 atom stereocenters. The minimum atomic E-state index is -0.0792. The summed E-state index contributed by atoms with van der Waals surface area (Å²) in [5.74, 6) is 0.722. The van der Waals surface area contributed by atoms with Gasteiger partial charge in [0.1, 0.15) is 5.82 Å². The van der Waals surface area contributed by atoms with Crippen LogP contribution in [0.25, 0.3) is 0 Å². The Morgan fingerprint density at radius 2 is 1.94 bits per heavy atom. The van der Waals surface area contributed by atoms with Crippen LogP contribution in [-0.4, -0.2) is 16.6 Å². The SMILES string of the molecule is CN[C@@H](c1ccccc1)c1ncc(C)c(=O)n1C. The van der Waals surface area contributed by atoms with Crippen molar-refractivity contribution in [2.24, 2.45) is 7.05 Å². The summed E-state index contributed by atoms with van der Waals surface area (Å²) in [6.45, 7) is 1.77. The van der Waals surface area contributed by atoms with Gasteiger partial charge in [-0.25, -0.2) is 4.98 Å². The fourth-order valence-electron chi connectivity index (χ4n) is 2.03. The first kappa shape index (κ1) is 12.5. The van der Waals surface area contributed by atoms with Crippen LogP contribution in [0.1, 0.15) is 23.0 Å². The molecule has 0 saturated carbocycles. The van der Waals surface area contributed by atoms with Gasteiger partial charge in [0, 0.05) is 18.8 Å². The van der Waals surface area contributed by atoms with Crippen molar-refractivity contribution in [2.45, 2.75) is 13.0 Å². The van der Waals surface area contributed by atoms with Crippen molar-refractivity contribution in [1.29, 1.82) is 0 Å². The highest BCUT2D eigenvalue weighted by atomic mass is 16.1. The molecule has 1 heterocycles. The molecule has 0 aliphatic heterocycles. The molecule has 2 aromatic rings. The quantitative estimate of drug-likeness (QED) is 0.886. The molecular formula is C14H17N3O. The van der Waals surface area contributed by atoms with Crippen LogP contribution in [0.4, 0.5) is 0 Å². The minimum Gasteiger partial charge on any atom is -0.307 e. The topological polar surface area (TPSA) is 46.9 Å². The van der Waals surface area contributed by atoms with Crippen LogP contribution in [-0.2, 0) is 7.05 Å². The molecule has 0 aliphatic rings. The van der Waals surface area contributed by atoms with Gasteiger partial charge in [0.15, 0.2) is 0 Å². The third-order valence-corrected chi connectivity index (χ3v) is 3.06. The van der Waals surface area contributed by atoms with Gasteiger partial charge in [-0.05, 0) is 19.5 Å². The first-order valence-electron chi connectivity index (χ1n) is 5.90. The first-order valence-corrected chi connectivity index (χ1v) is 5.90. The molecule has 0 unspecified atom stereocenters. The average molecular weight is 243 g/mol. The molecule has 18 heavy (non-hydrogen) atoms. The lowest BCUT2D eigenvalue weighted by atomic mass is 10.1. The van der Waals surface area contributed by atoms with Crippen LogP contribution in [0, 0.1) is 6.92 Å². The summed E-state index contributed by atoms with van der Waals surface area (Å²) in [5.41, 5.74) is 1.74. The van der Waals surface area contributed by atoms with E-state index in [0.717, 1.165) is 11.4 Å². The van der Waals surface area contributed by atoms with Crippen LogP contribution < -0.4 is 10.9 Å². The van der Waals surface area contributed by atoms with Gasteiger partial charge >= 0.3 is 0 Å². The molecule has 1 aromatic carbocycles. The molecule has 0 spiro atoms. The summed E-state index contributed by atoms with van der Waals surface area (Å²) in [4.78, 5) is 16.3. The van der Waals surface area contributed by atoms with Crippen LogP contribution in [0.5, 0.6) is 0 Å². The Balaban J connectivity index is 2.53. The van der Waals surface area contributed by atoms with Crippen molar-refractivity contribution in [3.8, 4) is 0 Å². The highest BCUT2D eigenvalue weighted by Crippen LogP contribution is 2.18. The van der Waals surface area contributed by atoms with E-state index in [1.54, 1.807) is 24.7 Å². The largest absolute Gasteiger partial charge is 0.307 e. The Hall–Kier alpha value is -1.94. The Morgan fingerprint density at radius 3 is 2.56 bits per heavy atom. The maximum atomic E-state index is 11.9. The van der Waals surface area contributed by atoms with E-state index < -0.39 is 0 Å². The van der Waals surface area contributed by atoms with E-state index in [9.17, 15) is 4.79 Å². The monoisotopic (exact) mass is 243 g/mol. The Bertz CT molecular complexity index is 590. The number of nitrogens with one attached hydrogen (secondary N) is 1. The van der Waals surface area contributed by atoms with Crippen molar-refractivity contribution >= 4 is 0 Å². The minimum absolute atomic E-state index is 0.00354. The standard InChI is InChI=1S/C14H17N3O/c1-10-9-16-13(17(3)14(10)18)12(15-2)11-7-5-4-6-8-11/h4-9,12,15H,1-3H3/t12-/m0/s1. The zero-order valence-corrected chi connectivity index (χ0v) is 10.8. The molecule has 0 saturated heterocycles. The van der Waals surface area contributed by atoms with Gasteiger partial charge in [0.05, 0.1) is 6.04 Å². The molecule has 0 radical (unpaired) electrons. The van der Waals surface area contributed by atoms with E-state index in [1.165, 1.54) is 0 Å². The predicted octanol–water partition coefficient (Wildman–Crippen LogP) is 1.40. The fourth-order valence-corrected chi connectivity index (χ4v) is 2.03. The van der Waals surface area contributed by atoms with E-state index >= 15 is 0 Å². The van der Waals surface area contributed by atoms with Crippen molar-refractivity contribution in [3.63, 3.8) is 0 Å². The number of aromatic nitrogens is 2. The normalized spacial score (nSPS) is 12.4. The van der Waals surface area contributed by atoms with Crippen LogP contribution in [0.2, 0.25) is 0 Å². The number of benzene rings is 1. The average Bonchev–Trinajstić information content (AvgIpc) is 2.41. The number of hydrogen-bond donors (Lipinski definition) is 1. The molecular weight excluding hydrogens is 226 g/mol. The van der Waals surface area contributed by atoms with Crippen molar-refractivity contribution in [1.82, 2.24) is 14.9 Å². The summed E-state index contributed by atoms with van der Waals surface area (Å²) in [7, 11) is 3.62. The van der Waals surface area contributed by atoms with Crippen LogP contribution in [0.3, 0.4) is 0 Å². The third kappa shape index (κ3) is 2.19. The molecule has 0 fully saturated rings. The second-order valence-electron chi connectivity index (χ2n) is 4.30. The van der Waals surface area contributed by atoms with E-state index in [2.05, 4.69) is 10.3 Å². The van der Waals surface area contributed by atoms with Gasteiger partial charge in [0.2, 0.25) is 0 Å². The molecule has 4 nitrogen and oxygen atoms in total. The molecule has 0 amide bonds. The molecule has 4 heteroatoms. The van der Waals surface area contributed by atoms with E-state index in [0.29, 0.717) is 5.56 Å². The Morgan fingerprint density at radius 1 is 1.28 bits per heavy atom. The molecule has 0 bridgehead atoms.